The molecule has 0 spiro atoms. The topological polar surface area (TPSA) is 16.6 Å². The van der Waals surface area contributed by atoms with E-state index in [1.165, 1.54) is 16.7 Å². The van der Waals surface area contributed by atoms with E-state index in [2.05, 4.69) is 66.8 Å². The maximum atomic E-state index is 2.38. The van der Waals surface area contributed by atoms with E-state index < -0.39 is 0 Å². The van der Waals surface area contributed by atoms with Gasteiger partial charge in [0.1, 0.15) is 6.54 Å². The first-order valence-electron chi connectivity index (χ1n) is 6.82. The third-order valence-corrected chi connectivity index (χ3v) is 3.29. The molecule has 0 aliphatic carbocycles. The van der Waals surface area contributed by atoms with Crippen molar-refractivity contribution in [1.82, 2.24) is 0 Å². The fourth-order valence-electron chi connectivity index (χ4n) is 2.09. The Balaban J connectivity index is 1.72. The Hall–Kier alpha value is -1.60. The van der Waals surface area contributed by atoms with Crippen LogP contribution >= 0.6 is 0 Å². The van der Waals surface area contributed by atoms with Crippen LogP contribution in [0.1, 0.15) is 23.6 Å². The van der Waals surface area contributed by atoms with Crippen molar-refractivity contribution in [2.24, 2.45) is 0 Å². The molecule has 0 fully saturated rings. The normalized spacial score (nSPS) is 10.5. The molecule has 2 N–H and O–H groups in total. The lowest BCUT2D eigenvalue weighted by molar-refractivity contribution is -0.670. The Kier molecular flexibility index (Phi) is 4.98. The average Bonchev–Trinajstić information content (AvgIpc) is 2.45. The number of nitrogens with two attached hydrogens (primary N) is 1. The second-order valence-corrected chi connectivity index (χ2v) is 4.69. The van der Waals surface area contributed by atoms with E-state index >= 15 is 0 Å². The van der Waals surface area contributed by atoms with Crippen molar-refractivity contribution in [2.45, 2.75) is 26.3 Å². The zero-order valence-electron chi connectivity index (χ0n) is 11.1. The first-order chi connectivity index (χ1) is 8.88. The first-order valence-corrected chi connectivity index (χ1v) is 6.82. The molecule has 0 amide bonds. The highest BCUT2D eigenvalue weighted by Crippen LogP contribution is 2.03. The van der Waals surface area contributed by atoms with Gasteiger partial charge in [-0.1, -0.05) is 61.5 Å². The minimum Gasteiger partial charge on any atom is -0.342 e. The zero-order valence-corrected chi connectivity index (χ0v) is 11.1. The Bertz CT molecular complexity index is 445. The summed E-state index contributed by atoms with van der Waals surface area (Å²) < 4.78 is 0. The van der Waals surface area contributed by atoms with Crippen molar-refractivity contribution in [3.05, 3.63) is 71.3 Å². The van der Waals surface area contributed by atoms with Gasteiger partial charge in [0.2, 0.25) is 0 Å². The van der Waals surface area contributed by atoms with Crippen molar-refractivity contribution in [3.63, 3.8) is 0 Å². The SMILES string of the molecule is CCc1ccc(C[NH2+]CCc2ccccc2)cc1. The molecular weight excluding hydrogens is 218 g/mol. The molecule has 1 heteroatoms. The summed E-state index contributed by atoms with van der Waals surface area (Å²) in [5, 5.41) is 2.38. The highest BCUT2D eigenvalue weighted by molar-refractivity contribution is 5.21. The van der Waals surface area contributed by atoms with E-state index in [4.69, 9.17) is 0 Å². The third kappa shape index (κ3) is 4.01. The van der Waals surface area contributed by atoms with Crippen molar-refractivity contribution in [1.29, 1.82) is 0 Å². The van der Waals surface area contributed by atoms with Gasteiger partial charge in [0.15, 0.2) is 0 Å². The minimum atomic E-state index is 1.08. The summed E-state index contributed by atoms with van der Waals surface area (Å²) in [6.45, 7) is 4.43. The summed E-state index contributed by atoms with van der Waals surface area (Å²) in [7, 11) is 0. The van der Waals surface area contributed by atoms with Gasteiger partial charge in [-0.25, -0.2) is 0 Å². The van der Waals surface area contributed by atoms with Crippen LogP contribution in [0.15, 0.2) is 54.6 Å². The summed E-state index contributed by atoms with van der Waals surface area (Å²) >= 11 is 0. The van der Waals surface area contributed by atoms with Gasteiger partial charge in [0.25, 0.3) is 0 Å². The number of rotatable bonds is 6. The molecule has 0 aliphatic rings. The largest absolute Gasteiger partial charge is 0.342 e. The molecule has 0 aliphatic heterocycles. The summed E-state index contributed by atoms with van der Waals surface area (Å²) in [4.78, 5) is 0. The molecule has 0 heterocycles. The molecule has 94 valence electrons. The van der Waals surface area contributed by atoms with E-state index in [9.17, 15) is 0 Å². The first kappa shape index (κ1) is 12.8. The number of aryl methyl sites for hydroxylation is 1. The Morgan fingerprint density at radius 1 is 0.778 bits per heavy atom. The second kappa shape index (κ2) is 6.97. The summed E-state index contributed by atoms with van der Waals surface area (Å²) in [5.74, 6) is 0. The summed E-state index contributed by atoms with van der Waals surface area (Å²) in [6.07, 6.45) is 2.27. The molecule has 0 radical (unpaired) electrons. The highest BCUT2D eigenvalue weighted by Gasteiger charge is 1.97. The van der Waals surface area contributed by atoms with Crippen LogP contribution in [0.3, 0.4) is 0 Å². The van der Waals surface area contributed by atoms with Crippen LogP contribution in [-0.4, -0.2) is 6.54 Å². The van der Waals surface area contributed by atoms with Gasteiger partial charge >= 0.3 is 0 Å². The maximum Gasteiger partial charge on any atom is 0.101 e. The van der Waals surface area contributed by atoms with Gasteiger partial charge < -0.3 is 5.32 Å². The lowest BCUT2D eigenvalue weighted by Gasteiger charge is -2.03. The van der Waals surface area contributed by atoms with Crippen LogP contribution in [0.2, 0.25) is 0 Å². The quantitative estimate of drug-likeness (QED) is 0.747. The minimum absolute atomic E-state index is 1.08. The van der Waals surface area contributed by atoms with E-state index in [-0.39, 0.29) is 0 Å². The summed E-state index contributed by atoms with van der Waals surface area (Å²) in [5.41, 5.74) is 4.26. The number of benzene rings is 2. The van der Waals surface area contributed by atoms with Gasteiger partial charge in [-0.05, 0) is 17.5 Å². The van der Waals surface area contributed by atoms with Crippen molar-refractivity contribution >= 4 is 0 Å². The van der Waals surface area contributed by atoms with Crippen LogP contribution in [0.25, 0.3) is 0 Å². The van der Waals surface area contributed by atoms with E-state index in [1.54, 1.807) is 0 Å². The molecule has 0 saturated carbocycles. The third-order valence-electron chi connectivity index (χ3n) is 3.29. The molecule has 2 aromatic carbocycles. The predicted octanol–water partition coefficient (Wildman–Crippen LogP) is 2.56. The Labute approximate surface area is 110 Å². The number of quaternary nitrogens is 1. The molecule has 2 rings (SSSR count). The number of hydrogen-bond acceptors (Lipinski definition) is 0. The molecule has 0 atom stereocenters. The van der Waals surface area contributed by atoms with Crippen LogP contribution in [0, 0.1) is 0 Å². The molecule has 0 saturated heterocycles. The molecule has 0 bridgehead atoms. The Morgan fingerprint density at radius 2 is 1.44 bits per heavy atom. The van der Waals surface area contributed by atoms with Crippen molar-refractivity contribution < 1.29 is 5.32 Å². The number of hydrogen-bond donors (Lipinski definition) is 1. The average molecular weight is 240 g/mol. The van der Waals surface area contributed by atoms with Crippen LogP contribution in [-0.2, 0) is 19.4 Å². The molecule has 0 unspecified atom stereocenters. The molecule has 0 aromatic heterocycles. The second-order valence-electron chi connectivity index (χ2n) is 4.69. The molecule has 2 aromatic rings. The van der Waals surface area contributed by atoms with E-state index in [0.29, 0.717) is 0 Å². The van der Waals surface area contributed by atoms with Gasteiger partial charge in [0, 0.05) is 12.0 Å². The van der Waals surface area contributed by atoms with Crippen molar-refractivity contribution in [2.75, 3.05) is 6.54 Å². The summed E-state index contributed by atoms with van der Waals surface area (Å²) in [6, 6.07) is 19.7. The van der Waals surface area contributed by atoms with Crippen molar-refractivity contribution in [3.8, 4) is 0 Å². The van der Waals surface area contributed by atoms with Crippen LogP contribution in [0.5, 0.6) is 0 Å². The van der Waals surface area contributed by atoms with E-state index in [1.807, 2.05) is 0 Å². The zero-order chi connectivity index (χ0) is 12.6. The molecule has 18 heavy (non-hydrogen) atoms. The van der Waals surface area contributed by atoms with Crippen LogP contribution in [0.4, 0.5) is 0 Å². The smallest absolute Gasteiger partial charge is 0.101 e. The standard InChI is InChI=1S/C17H21N/c1-2-15-8-10-17(11-9-15)14-18-13-12-16-6-4-3-5-7-16/h3-11,18H,2,12-14H2,1H3/p+1. The van der Waals surface area contributed by atoms with Crippen LogP contribution < -0.4 is 5.32 Å². The predicted molar refractivity (Wildman–Crippen MR) is 76.5 cm³/mol. The van der Waals surface area contributed by atoms with E-state index in [0.717, 1.165) is 25.9 Å². The fourth-order valence-corrected chi connectivity index (χ4v) is 2.09. The highest BCUT2D eigenvalue weighted by atomic mass is 14.8. The lowest BCUT2D eigenvalue weighted by atomic mass is 10.1. The fraction of sp³-hybridized carbons (Fsp3) is 0.294. The maximum absolute atomic E-state index is 2.38. The van der Waals surface area contributed by atoms with Gasteiger partial charge in [0.05, 0.1) is 6.54 Å². The molecule has 1 nitrogen and oxygen atoms in total. The molecular formula is C17H22N+. The lowest BCUT2D eigenvalue weighted by Crippen LogP contribution is -2.83. The van der Waals surface area contributed by atoms with Gasteiger partial charge in [-0.15, -0.1) is 0 Å². The van der Waals surface area contributed by atoms with Gasteiger partial charge in [-0.2, -0.15) is 0 Å². The Morgan fingerprint density at radius 3 is 2.11 bits per heavy atom. The monoisotopic (exact) mass is 240 g/mol. The van der Waals surface area contributed by atoms with Gasteiger partial charge in [-0.3, -0.25) is 0 Å².